The first-order chi connectivity index (χ1) is 20.8. The molecule has 0 radical (unpaired) electrons. The molecular formula is C29H41N7O7. The second-order valence-corrected chi connectivity index (χ2v) is 11.3. The minimum Gasteiger partial charge on any atom is -0.462 e. The van der Waals surface area contributed by atoms with E-state index < -0.39 is 0 Å². The number of rotatable bonds is 18. The molecule has 234 valence electrons. The summed E-state index contributed by atoms with van der Waals surface area (Å²) in [6, 6.07) is 0. The van der Waals surface area contributed by atoms with Crippen LogP contribution in [-0.2, 0) is 52.8 Å². The van der Waals surface area contributed by atoms with E-state index in [1.807, 2.05) is 4.68 Å². The number of azide groups is 1. The maximum atomic E-state index is 12.4. The third kappa shape index (κ3) is 8.71. The van der Waals surface area contributed by atoms with E-state index in [0.717, 1.165) is 42.0 Å². The molecule has 3 unspecified atom stereocenters. The van der Waals surface area contributed by atoms with Crippen molar-refractivity contribution >= 4 is 23.6 Å². The van der Waals surface area contributed by atoms with Crippen molar-refractivity contribution in [1.29, 1.82) is 0 Å². The highest BCUT2D eigenvalue weighted by Crippen LogP contribution is 2.49. The minimum atomic E-state index is -0.317. The van der Waals surface area contributed by atoms with Crippen molar-refractivity contribution in [2.75, 3.05) is 39.5 Å². The molecule has 4 rings (SSSR count). The molecule has 1 aromatic heterocycles. The molecule has 0 N–H and O–H groups in total. The number of ether oxygens (including phenoxy) is 3. The summed E-state index contributed by atoms with van der Waals surface area (Å²) in [5.41, 5.74) is 11.3. The standard InChI is InChI=1S/C29H41N7O7/c1-19-20(2)29(40)35(28(19)39)13-11-21(37)5-3-15-41-16-4-6-26(38)43-27-22-7-9-24-25(10-8-23(22)27)36(34-32-24)14-18-42-17-12-31-33-30/h22-23,27H,3-18H2,1-2H3. The molecule has 1 fully saturated rings. The number of ketones is 1. The topological polar surface area (TPSA) is 179 Å². The first-order valence-electron chi connectivity index (χ1n) is 15.1. The van der Waals surface area contributed by atoms with Crippen LogP contribution in [0.15, 0.2) is 16.3 Å². The molecule has 2 aliphatic carbocycles. The normalized spacial score (nSPS) is 21.2. The Labute approximate surface area is 250 Å². The van der Waals surface area contributed by atoms with Crippen molar-refractivity contribution in [3.63, 3.8) is 0 Å². The maximum absolute atomic E-state index is 12.4. The van der Waals surface area contributed by atoms with Crippen LogP contribution in [0.5, 0.6) is 0 Å². The van der Waals surface area contributed by atoms with Crippen molar-refractivity contribution in [3.05, 3.63) is 33.0 Å². The Morgan fingerprint density at radius 1 is 0.930 bits per heavy atom. The molecule has 1 saturated carbocycles. The van der Waals surface area contributed by atoms with Gasteiger partial charge in [-0.2, -0.15) is 0 Å². The second kappa shape index (κ2) is 15.7. The fourth-order valence-corrected chi connectivity index (χ4v) is 5.75. The average Bonchev–Trinajstić information content (AvgIpc) is 3.40. The number of nitrogens with zero attached hydrogens (tertiary/aromatic N) is 7. The Hall–Kier alpha value is -3.61. The fraction of sp³-hybridized carbons (Fsp3) is 0.724. The van der Waals surface area contributed by atoms with Crippen LogP contribution < -0.4 is 0 Å². The Kier molecular flexibility index (Phi) is 11.8. The van der Waals surface area contributed by atoms with Crippen LogP contribution in [-0.4, -0.2) is 89.1 Å². The van der Waals surface area contributed by atoms with Crippen molar-refractivity contribution in [3.8, 4) is 0 Å². The van der Waals surface area contributed by atoms with Crippen molar-refractivity contribution < 1.29 is 33.4 Å². The third-order valence-corrected chi connectivity index (χ3v) is 8.44. The Bertz CT molecular complexity index is 1250. The largest absolute Gasteiger partial charge is 0.462 e. The van der Waals surface area contributed by atoms with Gasteiger partial charge in [0.1, 0.15) is 11.9 Å². The molecule has 0 saturated heterocycles. The van der Waals surface area contributed by atoms with Crippen molar-refractivity contribution in [1.82, 2.24) is 19.9 Å². The predicted molar refractivity (Wildman–Crippen MR) is 152 cm³/mol. The maximum Gasteiger partial charge on any atom is 0.306 e. The van der Waals surface area contributed by atoms with Crippen LogP contribution >= 0.6 is 0 Å². The molecule has 0 spiro atoms. The predicted octanol–water partition coefficient (Wildman–Crippen LogP) is 2.88. The van der Waals surface area contributed by atoms with Gasteiger partial charge in [0.25, 0.3) is 11.8 Å². The summed E-state index contributed by atoms with van der Waals surface area (Å²) in [7, 11) is 0. The highest BCUT2D eigenvalue weighted by Gasteiger charge is 2.52. The smallest absolute Gasteiger partial charge is 0.306 e. The zero-order valence-electron chi connectivity index (χ0n) is 25.0. The van der Waals surface area contributed by atoms with Gasteiger partial charge in [-0.25, -0.2) is 4.68 Å². The summed E-state index contributed by atoms with van der Waals surface area (Å²) >= 11 is 0. The fourth-order valence-electron chi connectivity index (χ4n) is 5.75. The lowest BCUT2D eigenvalue weighted by Gasteiger charge is -2.14. The number of carbonyl (C=O) groups excluding carboxylic acids is 4. The zero-order valence-corrected chi connectivity index (χ0v) is 25.0. The summed E-state index contributed by atoms with van der Waals surface area (Å²) in [6.07, 6.45) is 5.29. The van der Waals surface area contributed by atoms with Gasteiger partial charge in [-0.1, -0.05) is 10.3 Å². The van der Waals surface area contributed by atoms with E-state index >= 15 is 0 Å². The van der Waals surface area contributed by atoms with Crippen LogP contribution in [0.4, 0.5) is 0 Å². The number of aryl methyl sites for hydroxylation is 1. The molecule has 14 heteroatoms. The molecule has 3 atom stereocenters. The van der Waals surface area contributed by atoms with Crippen molar-refractivity contribution in [2.24, 2.45) is 17.0 Å². The van der Waals surface area contributed by atoms with E-state index in [2.05, 4.69) is 20.3 Å². The highest BCUT2D eigenvalue weighted by atomic mass is 16.6. The summed E-state index contributed by atoms with van der Waals surface area (Å²) < 4.78 is 18.8. The summed E-state index contributed by atoms with van der Waals surface area (Å²) in [5, 5.41) is 12.1. The Morgan fingerprint density at radius 2 is 1.60 bits per heavy atom. The van der Waals surface area contributed by atoms with Crippen LogP contribution in [0.25, 0.3) is 10.4 Å². The van der Waals surface area contributed by atoms with Gasteiger partial charge in [-0.3, -0.25) is 24.1 Å². The lowest BCUT2D eigenvalue weighted by atomic mass is 10.0. The Morgan fingerprint density at radius 3 is 2.33 bits per heavy atom. The number of esters is 1. The summed E-state index contributed by atoms with van der Waals surface area (Å²) in [5.74, 6) is -0.131. The average molecular weight is 600 g/mol. The number of fused-ring (bicyclic) bond motifs is 2. The second-order valence-electron chi connectivity index (χ2n) is 11.3. The van der Waals surface area contributed by atoms with Gasteiger partial charge in [0, 0.05) is 73.5 Å². The van der Waals surface area contributed by atoms with Gasteiger partial charge in [-0.15, -0.1) is 5.10 Å². The van der Waals surface area contributed by atoms with E-state index in [-0.39, 0.29) is 49.1 Å². The highest BCUT2D eigenvalue weighted by molar-refractivity contribution is 6.18. The number of imide groups is 1. The molecular weight excluding hydrogens is 558 g/mol. The van der Waals surface area contributed by atoms with Gasteiger partial charge in [0.05, 0.1) is 31.1 Å². The number of amides is 2. The Balaban J connectivity index is 1.03. The van der Waals surface area contributed by atoms with Gasteiger partial charge in [0.2, 0.25) is 0 Å². The van der Waals surface area contributed by atoms with E-state index in [1.54, 1.807) is 13.8 Å². The number of aromatic nitrogens is 3. The van der Waals surface area contributed by atoms with E-state index in [1.165, 1.54) is 0 Å². The van der Waals surface area contributed by atoms with Gasteiger partial charge in [-0.05, 0) is 57.9 Å². The first kappa shape index (κ1) is 32.3. The quantitative estimate of drug-likeness (QED) is 0.0612. The SMILES string of the molecule is CC1=C(C)C(=O)N(CCC(=O)CCCOCCCC(=O)OC2C3CCc4nnn(CCOCCN=[N+]=[N-])c4CCC32)C1=O. The van der Waals surface area contributed by atoms with Crippen LogP contribution in [0.1, 0.15) is 70.2 Å². The number of hydrogen-bond donors (Lipinski definition) is 0. The van der Waals surface area contributed by atoms with E-state index in [0.29, 0.717) is 81.8 Å². The van der Waals surface area contributed by atoms with Gasteiger partial charge in [0.15, 0.2) is 0 Å². The first-order valence-corrected chi connectivity index (χ1v) is 15.1. The summed E-state index contributed by atoms with van der Waals surface area (Å²) in [6.45, 7) is 5.90. The van der Waals surface area contributed by atoms with Crippen LogP contribution in [0, 0.1) is 11.8 Å². The molecule has 14 nitrogen and oxygen atoms in total. The lowest BCUT2D eigenvalue weighted by Crippen LogP contribution is -2.33. The molecule has 3 aliphatic rings. The number of Topliss-reactive ketones (excluding diaryl/α,β-unsaturated/α-hetero) is 1. The molecule has 2 amide bonds. The van der Waals surface area contributed by atoms with Gasteiger partial charge < -0.3 is 14.2 Å². The van der Waals surface area contributed by atoms with Crippen LogP contribution in [0.3, 0.4) is 0 Å². The molecule has 1 aromatic rings. The molecule has 1 aliphatic heterocycles. The van der Waals surface area contributed by atoms with E-state index in [9.17, 15) is 19.2 Å². The van der Waals surface area contributed by atoms with E-state index in [4.69, 9.17) is 19.7 Å². The van der Waals surface area contributed by atoms with Crippen LogP contribution in [0.2, 0.25) is 0 Å². The molecule has 0 aromatic carbocycles. The minimum absolute atomic E-state index is 0.0170. The molecule has 0 bridgehead atoms. The number of hydrogen-bond acceptors (Lipinski definition) is 10. The summed E-state index contributed by atoms with van der Waals surface area (Å²) in [4.78, 5) is 52.6. The lowest BCUT2D eigenvalue weighted by molar-refractivity contribution is -0.146. The molecule has 43 heavy (non-hydrogen) atoms. The third-order valence-electron chi connectivity index (χ3n) is 8.44. The number of carbonyl (C=O) groups is 4. The molecule has 2 heterocycles. The zero-order chi connectivity index (χ0) is 30.8. The van der Waals surface area contributed by atoms with Gasteiger partial charge >= 0.3 is 5.97 Å². The van der Waals surface area contributed by atoms with Crippen molar-refractivity contribution in [2.45, 2.75) is 84.3 Å². The monoisotopic (exact) mass is 599 g/mol.